The van der Waals surface area contributed by atoms with Crippen LogP contribution in [0.15, 0.2) is 0 Å². The van der Waals surface area contributed by atoms with E-state index in [1.807, 2.05) is 0 Å². The van der Waals surface area contributed by atoms with Crippen LogP contribution in [0.3, 0.4) is 0 Å². The van der Waals surface area contributed by atoms with Crippen LogP contribution in [0.1, 0.15) is 27.2 Å². The minimum atomic E-state index is -0.332. The summed E-state index contributed by atoms with van der Waals surface area (Å²) in [6.45, 7) is 2.79. The summed E-state index contributed by atoms with van der Waals surface area (Å²) in [6.07, 6.45) is 2.18. The molecular weight excluding hydrogens is 123 g/mol. The van der Waals surface area contributed by atoms with Crippen molar-refractivity contribution in [2.75, 3.05) is 6.61 Å². The molecule has 0 rings (SSSR count). The van der Waals surface area contributed by atoms with E-state index in [9.17, 15) is 0 Å². The van der Waals surface area contributed by atoms with Gasteiger partial charge in [0.15, 0.2) is 9.03 Å². The van der Waals surface area contributed by atoms with E-state index in [1.54, 1.807) is 0 Å². The molecule has 52 valence electrons. The van der Waals surface area contributed by atoms with Gasteiger partial charge in [-0.3, -0.25) is 0 Å². The van der Waals surface area contributed by atoms with Gasteiger partial charge in [0.25, 0.3) is 0 Å². The topological polar surface area (TPSA) is 29.5 Å². The largest absolute Gasteiger partial charge is 0.352 e. The van der Waals surface area contributed by atoms with Crippen molar-refractivity contribution in [1.29, 1.82) is 0 Å². The van der Waals surface area contributed by atoms with Gasteiger partial charge in [0, 0.05) is 0 Å². The molecule has 0 saturated heterocycles. The first-order valence-corrected chi connectivity index (χ1v) is 3.28. The molecule has 0 aromatic rings. The third kappa shape index (κ3) is 9.61. The molecule has 0 aliphatic rings. The zero-order valence-electron chi connectivity index (χ0n) is 4.48. The summed E-state index contributed by atoms with van der Waals surface area (Å²) in [7, 11) is -0.332. The fourth-order valence-electron chi connectivity index (χ4n) is 0.262. The van der Waals surface area contributed by atoms with Crippen LogP contribution in [-0.4, -0.2) is 11.5 Å². The second kappa shape index (κ2) is 10.4. The first-order chi connectivity index (χ1) is 3.41. The molecule has 8 heavy (non-hydrogen) atoms. The normalized spacial score (nSPS) is 9.75. The molecule has 3 heteroatoms. The summed E-state index contributed by atoms with van der Waals surface area (Å²) >= 11 is 0. The fraction of sp³-hybridized carbons (Fsp3) is 1.00. The maximum atomic E-state index is 8.10. The predicted molar refractivity (Wildman–Crippen MR) is 38.1 cm³/mol. The van der Waals surface area contributed by atoms with Crippen molar-refractivity contribution >= 4 is 9.03 Å². The highest BCUT2D eigenvalue weighted by Crippen LogP contribution is 2.03. The maximum absolute atomic E-state index is 8.10. The Morgan fingerprint density at radius 1 is 1.62 bits per heavy atom. The molecule has 0 radical (unpaired) electrons. The van der Waals surface area contributed by atoms with Gasteiger partial charge in [-0.25, -0.2) is 0 Å². The van der Waals surface area contributed by atoms with Gasteiger partial charge in [-0.05, 0) is 6.42 Å². The molecule has 1 N–H and O–H groups in total. The van der Waals surface area contributed by atoms with Gasteiger partial charge in [0.1, 0.15) is 0 Å². The third-order valence-electron chi connectivity index (χ3n) is 0.665. The van der Waals surface area contributed by atoms with Crippen LogP contribution in [-0.2, 0) is 4.52 Å². The van der Waals surface area contributed by atoms with Gasteiger partial charge in [0.05, 0.1) is 6.61 Å². The lowest BCUT2D eigenvalue weighted by Crippen LogP contribution is -1.81. The molecule has 0 amide bonds. The fourth-order valence-corrected chi connectivity index (χ4v) is 0.498. The lowest BCUT2D eigenvalue weighted by Gasteiger charge is -1.93. The van der Waals surface area contributed by atoms with Gasteiger partial charge in [-0.2, -0.15) is 0 Å². The Hall–Kier alpha value is 0.350. The molecule has 0 aliphatic carbocycles. The molecule has 0 saturated carbocycles. The van der Waals surface area contributed by atoms with Crippen molar-refractivity contribution in [1.82, 2.24) is 0 Å². The van der Waals surface area contributed by atoms with E-state index in [0.29, 0.717) is 6.61 Å². The Morgan fingerprint density at radius 2 is 2.25 bits per heavy atom. The number of rotatable bonds is 4. The molecular formula is C5H15O2P. The van der Waals surface area contributed by atoms with Crippen LogP contribution in [0.5, 0.6) is 0 Å². The molecule has 0 aromatic carbocycles. The second-order valence-corrected chi connectivity index (χ2v) is 1.76. The molecule has 1 atom stereocenters. The number of hydrogen-bond donors (Lipinski definition) is 1. The van der Waals surface area contributed by atoms with E-state index in [-0.39, 0.29) is 16.5 Å². The van der Waals surface area contributed by atoms with Crippen molar-refractivity contribution in [3.63, 3.8) is 0 Å². The SMILES string of the molecule is C.CCCCOPO. The summed E-state index contributed by atoms with van der Waals surface area (Å²) in [5.41, 5.74) is 0. The summed E-state index contributed by atoms with van der Waals surface area (Å²) in [5.74, 6) is 0. The molecule has 0 bridgehead atoms. The smallest absolute Gasteiger partial charge is 0.152 e. The van der Waals surface area contributed by atoms with Crippen LogP contribution in [0.4, 0.5) is 0 Å². The average molecular weight is 138 g/mol. The average Bonchev–Trinajstić information content (AvgIpc) is 1.69. The third-order valence-corrected chi connectivity index (χ3v) is 0.998. The van der Waals surface area contributed by atoms with Gasteiger partial charge in [-0.1, -0.05) is 20.8 Å². The Bertz CT molecular complexity index is 29.6. The summed E-state index contributed by atoms with van der Waals surface area (Å²) in [6, 6.07) is 0. The van der Waals surface area contributed by atoms with Gasteiger partial charge < -0.3 is 9.42 Å². The Morgan fingerprint density at radius 3 is 2.62 bits per heavy atom. The van der Waals surface area contributed by atoms with E-state index >= 15 is 0 Å². The monoisotopic (exact) mass is 138 g/mol. The first kappa shape index (κ1) is 11.2. The Kier molecular flexibility index (Phi) is 14.5. The lowest BCUT2D eigenvalue weighted by atomic mass is 10.4. The van der Waals surface area contributed by atoms with E-state index < -0.39 is 0 Å². The zero-order valence-corrected chi connectivity index (χ0v) is 5.48. The summed E-state index contributed by atoms with van der Waals surface area (Å²) in [4.78, 5) is 8.10. The van der Waals surface area contributed by atoms with Crippen molar-refractivity contribution in [2.24, 2.45) is 0 Å². The van der Waals surface area contributed by atoms with E-state index in [0.717, 1.165) is 12.8 Å². The molecule has 0 aromatic heterocycles. The van der Waals surface area contributed by atoms with Crippen LogP contribution in [0, 0.1) is 0 Å². The van der Waals surface area contributed by atoms with Crippen molar-refractivity contribution in [3.05, 3.63) is 0 Å². The van der Waals surface area contributed by atoms with E-state index in [1.165, 1.54) is 0 Å². The van der Waals surface area contributed by atoms with Crippen LogP contribution < -0.4 is 0 Å². The quantitative estimate of drug-likeness (QED) is 0.475. The van der Waals surface area contributed by atoms with Crippen LogP contribution in [0.2, 0.25) is 0 Å². The molecule has 0 spiro atoms. The standard InChI is InChI=1S/C4H11O2P.CH4/c1-2-3-4-6-7-5;/h5,7H,2-4H2,1H3;1H4. The summed E-state index contributed by atoms with van der Waals surface area (Å²) in [5, 5.41) is 0. The lowest BCUT2D eigenvalue weighted by molar-refractivity contribution is 0.318. The Labute approximate surface area is 53.2 Å². The van der Waals surface area contributed by atoms with Gasteiger partial charge in [0.2, 0.25) is 0 Å². The van der Waals surface area contributed by atoms with Crippen LogP contribution in [0.25, 0.3) is 0 Å². The molecule has 0 fully saturated rings. The minimum Gasteiger partial charge on any atom is -0.352 e. The Balaban J connectivity index is 0. The zero-order chi connectivity index (χ0) is 5.54. The number of unbranched alkanes of at least 4 members (excludes halogenated alkanes) is 1. The van der Waals surface area contributed by atoms with E-state index in [4.69, 9.17) is 4.89 Å². The highest BCUT2D eigenvalue weighted by molar-refractivity contribution is 7.24. The van der Waals surface area contributed by atoms with E-state index in [2.05, 4.69) is 11.4 Å². The van der Waals surface area contributed by atoms with Crippen molar-refractivity contribution in [3.8, 4) is 0 Å². The van der Waals surface area contributed by atoms with Gasteiger partial charge >= 0.3 is 0 Å². The second-order valence-electron chi connectivity index (χ2n) is 1.29. The highest BCUT2D eigenvalue weighted by Gasteiger charge is 1.79. The molecule has 0 heterocycles. The van der Waals surface area contributed by atoms with Crippen LogP contribution >= 0.6 is 9.03 Å². The molecule has 2 nitrogen and oxygen atoms in total. The highest BCUT2D eigenvalue weighted by atomic mass is 31.1. The van der Waals surface area contributed by atoms with Crippen molar-refractivity contribution in [2.45, 2.75) is 27.2 Å². The number of hydrogen-bond acceptors (Lipinski definition) is 2. The molecule has 1 unspecified atom stereocenters. The maximum Gasteiger partial charge on any atom is 0.152 e. The van der Waals surface area contributed by atoms with Gasteiger partial charge in [-0.15, -0.1) is 0 Å². The molecule has 0 aliphatic heterocycles. The summed E-state index contributed by atoms with van der Waals surface area (Å²) < 4.78 is 4.66. The predicted octanol–water partition coefficient (Wildman–Crippen LogP) is 1.94. The minimum absolute atomic E-state index is 0. The first-order valence-electron chi connectivity index (χ1n) is 2.42. The van der Waals surface area contributed by atoms with Crippen molar-refractivity contribution < 1.29 is 9.42 Å².